The van der Waals surface area contributed by atoms with Gasteiger partial charge in [-0.2, -0.15) is 5.10 Å². The number of aromatic nitrogens is 2. The lowest BCUT2D eigenvalue weighted by Crippen LogP contribution is -2.43. The highest BCUT2D eigenvalue weighted by atomic mass is 32.2. The van der Waals surface area contributed by atoms with Crippen LogP contribution in [0.25, 0.3) is 5.69 Å². The molecule has 0 aliphatic carbocycles. The van der Waals surface area contributed by atoms with Crippen molar-refractivity contribution >= 4 is 29.4 Å². The van der Waals surface area contributed by atoms with Crippen molar-refractivity contribution in [2.45, 2.75) is 51.2 Å². The highest BCUT2D eigenvalue weighted by Crippen LogP contribution is 2.48. The van der Waals surface area contributed by atoms with Gasteiger partial charge in [-0.25, -0.2) is 9.07 Å². The molecule has 0 N–H and O–H groups in total. The third kappa shape index (κ3) is 5.04. The van der Waals surface area contributed by atoms with Gasteiger partial charge in [-0.15, -0.1) is 11.8 Å². The number of halogens is 1. The molecule has 1 unspecified atom stereocenters. The number of anilines is 1. The van der Waals surface area contributed by atoms with Crippen LogP contribution >= 0.6 is 11.8 Å². The molecule has 2 aliphatic heterocycles. The average molecular weight is 521 g/mol. The predicted molar refractivity (Wildman–Crippen MR) is 146 cm³/mol. The molecule has 5 rings (SSSR count). The summed E-state index contributed by atoms with van der Waals surface area (Å²) in [6.45, 7) is 9.77. The number of hydrogen-bond donors (Lipinski definition) is 0. The zero-order valence-electron chi connectivity index (χ0n) is 21.8. The summed E-state index contributed by atoms with van der Waals surface area (Å²) in [7, 11) is 0. The zero-order chi connectivity index (χ0) is 26.3. The minimum Gasteiger partial charge on any atom is -0.341 e. The highest BCUT2D eigenvalue weighted by molar-refractivity contribution is 8.00. The van der Waals surface area contributed by atoms with E-state index in [1.165, 1.54) is 23.9 Å². The fourth-order valence-corrected chi connectivity index (χ4v) is 6.31. The van der Waals surface area contributed by atoms with Crippen LogP contribution in [0, 0.1) is 12.7 Å². The Morgan fingerprint density at radius 2 is 1.81 bits per heavy atom. The molecule has 1 fully saturated rings. The Morgan fingerprint density at radius 1 is 1.11 bits per heavy atom. The van der Waals surface area contributed by atoms with E-state index in [-0.39, 0.29) is 40.6 Å². The molecule has 6 nitrogen and oxygen atoms in total. The quantitative estimate of drug-likeness (QED) is 0.462. The van der Waals surface area contributed by atoms with E-state index < -0.39 is 0 Å². The number of nitrogens with zero attached hydrogens (tertiary/aromatic N) is 4. The number of thioether (sulfide) groups is 1. The van der Waals surface area contributed by atoms with Crippen LogP contribution in [0.15, 0.2) is 48.5 Å². The monoisotopic (exact) mass is 520 g/mol. The molecule has 1 aromatic heterocycles. The van der Waals surface area contributed by atoms with Gasteiger partial charge in [-0.3, -0.25) is 14.5 Å². The first-order valence-corrected chi connectivity index (χ1v) is 13.8. The maximum Gasteiger partial charge on any atom is 0.242 e. The summed E-state index contributed by atoms with van der Waals surface area (Å²) in [5.74, 6) is 0.367. The number of carbonyl (C=O) groups is 2. The third-order valence-corrected chi connectivity index (χ3v) is 8.23. The first-order chi connectivity index (χ1) is 17.6. The SMILES string of the molecule is Cc1cccc(-n2nc(C(C)(C)C)c3c2N(CC(=O)N2CCCC2)C(=O)CSC3c2ccc(F)cc2)c1. The minimum absolute atomic E-state index is 0.0242. The van der Waals surface area contributed by atoms with Gasteiger partial charge in [-0.05, 0) is 55.2 Å². The lowest BCUT2D eigenvalue weighted by Gasteiger charge is -2.26. The van der Waals surface area contributed by atoms with Gasteiger partial charge >= 0.3 is 0 Å². The molecule has 8 heteroatoms. The van der Waals surface area contributed by atoms with Crippen LogP contribution < -0.4 is 4.90 Å². The highest BCUT2D eigenvalue weighted by Gasteiger charge is 2.40. The summed E-state index contributed by atoms with van der Waals surface area (Å²) in [5, 5.41) is 4.87. The maximum atomic E-state index is 13.8. The number of likely N-dealkylation sites (tertiary alicyclic amines) is 1. The van der Waals surface area contributed by atoms with Crippen molar-refractivity contribution < 1.29 is 14.0 Å². The average Bonchev–Trinajstić information content (AvgIpc) is 3.50. The lowest BCUT2D eigenvalue weighted by molar-refractivity contribution is -0.130. The number of rotatable bonds is 4. The Bertz CT molecular complexity index is 1320. The van der Waals surface area contributed by atoms with E-state index in [2.05, 4.69) is 20.8 Å². The molecule has 37 heavy (non-hydrogen) atoms. The van der Waals surface area contributed by atoms with E-state index in [1.54, 1.807) is 17.0 Å². The number of hydrogen-bond acceptors (Lipinski definition) is 4. The van der Waals surface area contributed by atoms with E-state index in [1.807, 2.05) is 40.8 Å². The molecular formula is C29H33FN4O2S. The van der Waals surface area contributed by atoms with Crippen molar-refractivity contribution in [2.24, 2.45) is 0 Å². The van der Waals surface area contributed by atoms with Crippen LogP contribution in [0.5, 0.6) is 0 Å². The summed E-state index contributed by atoms with van der Waals surface area (Å²) < 4.78 is 15.7. The van der Waals surface area contributed by atoms with Crippen molar-refractivity contribution in [3.8, 4) is 5.69 Å². The molecule has 194 valence electrons. The van der Waals surface area contributed by atoms with Gasteiger partial charge in [0.25, 0.3) is 0 Å². The van der Waals surface area contributed by atoms with Crippen LogP contribution in [0.1, 0.15) is 61.2 Å². The molecule has 3 aromatic rings. The summed E-state index contributed by atoms with van der Waals surface area (Å²) >= 11 is 1.51. The van der Waals surface area contributed by atoms with Gasteiger partial charge in [0.2, 0.25) is 11.8 Å². The number of amides is 2. The molecule has 3 heterocycles. The largest absolute Gasteiger partial charge is 0.341 e. The van der Waals surface area contributed by atoms with Crippen LogP contribution in [-0.2, 0) is 15.0 Å². The summed E-state index contributed by atoms with van der Waals surface area (Å²) in [5.41, 5.74) is 4.24. The number of carbonyl (C=O) groups excluding carboxylic acids is 2. The summed E-state index contributed by atoms with van der Waals surface area (Å²) in [6.07, 6.45) is 1.98. The maximum absolute atomic E-state index is 13.8. The van der Waals surface area contributed by atoms with Crippen molar-refractivity contribution in [1.29, 1.82) is 0 Å². The van der Waals surface area contributed by atoms with E-state index in [0.29, 0.717) is 5.82 Å². The van der Waals surface area contributed by atoms with Crippen LogP contribution in [0.4, 0.5) is 10.2 Å². The minimum atomic E-state index is -0.337. The van der Waals surface area contributed by atoms with Gasteiger partial charge in [0.1, 0.15) is 18.2 Å². The number of benzene rings is 2. The third-order valence-electron chi connectivity index (χ3n) is 6.97. The fraction of sp³-hybridized carbons (Fsp3) is 0.414. The smallest absolute Gasteiger partial charge is 0.242 e. The van der Waals surface area contributed by atoms with Crippen molar-refractivity contribution in [3.63, 3.8) is 0 Å². The molecule has 0 bridgehead atoms. The molecular weight excluding hydrogens is 487 g/mol. The van der Waals surface area contributed by atoms with Gasteiger partial charge in [-0.1, -0.05) is 45.0 Å². The second-order valence-electron chi connectivity index (χ2n) is 10.9. The first kappa shape index (κ1) is 25.5. The molecule has 2 amide bonds. The van der Waals surface area contributed by atoms with E-state index >= 15 is 0 Å². The first-order valence-electron chi connectivity index (χ1n) is 12.8. The van der Waals surface area contributed by atoms with Gasteiger partial charge in [0.05, 0.1) is 22.4 Å². The molecule has 0 spiro atoms. The second-order valence-corrected chi connectivity index (χ2v) is 12.0. The van der Waals surface area contributed by atoms with Crippen molar-refractivity contribution in [1.82, 2.24) is 14.7 Å². The Hall–Kier alpha value is -3.13. The van der Waals surface area contributed by atoms with Gasteiger partial charge < -0.3 is 4.90 Å². The normalized spacial score (nSPS) is 18.2. The van der Waals surface area contributed by atoms with E-state index in [9.17, 15) is 14.0 Å². The number of fused-ring (bicyclic) bond motifs is 1. The topological polar surface area (TPSA) is 58.4 Å². The summed E-state index contributed by atoms with van der Waals surface area (Å²) in [4.78, 5) is 30.5. The van der Waals surface area contributed by atoms with Crippen molar-refractivity contribution in [2.75, 3.05) is 30.3 Å². The predicted octanol–water partition coefficient (Wildman–Crippen LogP) is 5.41. The Balaban J connectivity index is 1.75. The van der Waals surface area contributed by atoms with Crippen LogP contribution in [0.2, 0.25) is 0 Å². The van der Waals surface area contributed by atoms with Crippen LogP contribution in [-0.4, -0.2) is 51.9 Å². The molecule has 1 atom stereocenters. The molecule has 2 aromatic carbocycles. The molecule has 0 radical (unpaired) electrons. The van der Waals surface area contributed by atoms with Gasteiger partial charge in [0.15, 0.2) is 0 Å². The Morgan fingerprint density at radius 3 is 2.46 bits per heavy atom. The Kier molecular flexibility index (Phi) is 6.88. The van der Waals surface area contributed by atoms with Crippen LogP contribution in [0.3, 0.4) is 0 Å². The number of aryl methyl sites for hydroxylation is 1. The zero-order valence-corrected chi connectivity index (χ0v) is 22.6. The van der Waals surface area contributed by atoms with E-state index in [4.69, 9.17) is 5.10 Å². The molecule has 0 saturated carbocycles. The lowest BCUT2D eigenvalue weighted by atomic mass is 9.87. The summed E-state index contributed by atoms with van der Waals surface area (Å²) in [6, 6.07) is 14.5. The van der Waals surface area contributed by atoms with Crippen molar-refractivity contribution in [3.05, 3.63) is 76.7 Å². The Labute approximate surface area is 221 Å². The molecule has 1 saturated heterocycles. The standard InChI is InChI=1S/C29H33FN4O2S/c1-19-8-7-9-22(16-19)34-28-25(27(31-34)29(2,3)4)26(20-10-12-21(30)13-11-20)37-18-24(36)33(28)17-23(35)32-14-5-6-15-32/h7-13,16,26H,5-6,14-15,17-18H2,1-4H3. The second kappa shape index (κ2) is 9.97. The molecule has 2 aliphatic rings. The van der Waals surface area contributed by atoms with Gasteiger partial charge in [0, 0.05) is 24.1 Å². The fourth-order valence-electron chi connectivity index (χ4n) is 5.12. The van der Waals surface area contributed by atoms with E-state index in [0.717, 1.165) is 54.0 Å².